The molecule has 1 heterocycles. The smallest absolute Gasteiger partial charge is 0.237 e. The summed E-state index contributed by atoms with van der Waals surface area (Å²) < 4.78 is 37.2. The molecule has 2 rings (SSSR count). The predicted molar refractivity (Wildman–Crippen MR) is 52.5 cm³/mol. The average molecular weight is 224 g/mol. The van der Waals surface area contributed by atoms with Crippen LogP contribution in [-0.2, 0) is 6.18 Å². The molecule has 0 bridgehead atoms. The van der Waals surface area contributed by atoms with Gasteiger partial charge in [0.25, 0.3) is 0 Å². The summed E-state index contributed by atoms with van der Waals surface area (Å²) in [6, 6.07) is 9.40. The van der Waals surface area contributed by atoms with Gasteiger partial charge < -0.3 is 0 Å². The van der Waals surface area contributed by atoms with E-state index in [9.17, 15) is 13.2 Å². The molecular weight excluding hydrogens is 217 g/mol. The highest BCUT2D eigenvalue weighted by molar-refractivity contribution is 5.54. The maximum absolute atomic E-state index is 12.4. The highest BCUT2D eigenvalue weighted by Crippen LogP contribution is 2.28. The second kappa shape index (κ2) is 3.92. The van der Waals surface area contributed by atoms with E-state index in [-0.39, 0.29) is 5.82 Å². The maximum atomic E-state index is 12.4. The summed E-state index contributed by atoms with van der Waals surface area (Å²) in [4.78, 5) is 7.29. The molecule has 2 aromatic rings. The number of halogens is 3. The molecule has 0 fully saturated rings. The van der Waals surface area contributed by atoms with Crippen LogP contribution in [0.15, 0.2) is 42.6 Å². The molecule has 1 aromatic carbocycles. The molecule has 16 heavy (non-hydrogen) atoms. The Morgan fingerprint density at radius 1 is 0.938 bits per heavy atom. The summed E-state index contributed by atoms with van der Waals surface area (Å²) in [5.41, 5.74) is -0.366. The number of aromatic nitrogens is 2. The van der Waals surface area contributed by atoms with Gasteiger partial charge in [-0.05, 0) is 6.07 Å². The highest BCUT2D eigenvalue weighted by Gasteiger charge is 2.32. The highest BCUT2D eigenvalue weighted by atomic mass is 19.4. The van der Waals surface area contributed by atoms with Crippen molar-refractivity contribution in [1.29, 1.82) is 0 Å². The van der Waals surface area contributed by atoms with Crippen LogP contribution in [0.25, 0.3) is 11.4 Å². The molecule has 0 spiro atoms. The second-order valence-electron chi connectivity index (χ2n) is 3.13. The number of benzene rings is 1. The van der Waals surface area contributed by atoms with Gasteiger partial charge in [-0.2, -0.15) is 13.2 Å². The van der Waals surface area contributed by atoms with Gasteiger partial charge in [0, 0.05) is 11.8 Å². The summed E-state index contributed by atoms with van der Waals surface area (Å²) in [5, 5.41) is 0. The minimum atomic E-state index is -4.44. The SMILES string of the molecule is FC(F)(F)c1ccnc(-c2ccccc2)n1. The van der Waals surface area contributed by atoms with Gasteiger partial charge in [-0.3, -0.25) is 0 Å². The van der Waals surface area contributed by atoms with Crippen LogP contribution in [0.2, 0.25) is 0 Å². The first-order valence-corrected chi connectivity index (χ1v) is 4.53. The van der Waals surface area contributed by atoms with Gasteiger partial charge in [-0.1, -0.05) is 30.3 Å². The summed E-state index contributed by atoms with van der Waals surface area (Å²) in [7, 11) is 0. The monoisotopic (exact) mass is 224 g/mol. The number of alkyl halides is 3. The fourth-order valence-electron chi connectivity index (χ4n) is 1.24. The van der Waals surface area contributed by atoms with Gasteiger partial charge in [0.2, 0.25) is 0 Å². The predicted octanol–water partition coefficient (Wildman–Crippen LogP) is 3.16. The molecule has 0 aliphatic heterocycles. The lowest BCUT2D eigenvalue weighted by Gasteiger charge is -2.06. The zero-order valence-corrected chi connectivity index (χ0v) is 8.07. The largest absolute Gasteiger partial charge is 0.433 e. The third-order valence-corrected chi connectivity index (χ3v) is 1.98. The van der Waals surface area contributed by atoms with Crippen molar-refractivity contribution in [3.05, 3.63) is 48.3 Å². The molecule has 82 valence electrons. The lowest BCUT2D eigenvalue weighted by Crippen LogP contribution is -2.08. The fourth-order valence-corrected chi connectivity index (χ4v) is 1.24. The van der Waals surface area contributed by atoms with Crippen LogP contribution in [-0.4, -0.2) is 9.97 Å². The molecule has 0 radical (unpaired) electrons. The van der Waals surface area contributed by atoms with Crippen molar-refractivity contribution >= 4 is 0 Å². The summed E-state index contributed by atoms with van der Waals surface area (Å²) in [6.07, 6.45) is -3.33. The van der Waals surface area contributed by atoms with Crippen LogP contribution in [0.4, 0.5) is 13.2 Å². The lowest BCUT2D eigenvalue weighted by molar-refractivity contribution is -0.141. The van der Waals surface area contributed by atoms with E-state index in [2.05, 4.69) is 9.97 Å². The van der Waals surface area contributed by atoms with E-state index >= 15 is 0 Å². The minimum absolute atomic E-state index is 0.0791. The Morgan fingerprint density at radius 3 is 2.25 bits per heavy atom. The first kappa shape index (κ1) is 10.6. The van der Waals surface area contributed by atoms with Gasteiger partial charge >= 0.3 is 6.18 Å². The van der Waals surface area contributed by atoms with Crippen LogP contribution in [0.5, 0.6) is 0 Å². The molecule has 0 atom stereocenters. The van der Waals surface area contributed by atoms with Crippen molar-refractivity contribution in [1.82, 2.24) is 9.97 Å². The van der Waals surface area contributed by atoms with Gasteiger partial charge in [0.1, 0.15) is 5.69 Å². The van der Waals surface area contributed by atoms with Crippen molar-refractivity contribution in [2.75, 3.05) is 0 Å². The quantitative estimate of drug-likeness (QED) is 0.743. The molecule has 2 nitrogen and oxygen atoms in total. The summed E-state index contributed by atoms with van der Waals surface area (Å²) in [5.74, 6) is 0.0791. The number of hydrogen-bond donors (Lipinski definition) is 0. The van der Waals surface area contributed by atoms with Crippen molar-refractivity contribution in [2.45, 2.75) is 6.18 Å². The van der Waals surface area contributed by atoms with Gasteiger partial charge in [0.15, 0.2) is 5.82 Å². The van der Waals surface area contributed by atoms with Crippen molar-refractivity contribution < 1.29 is 13.2 Å². The topological polar surface area (TPSA) is 25.8 Å². The Kier molecular flexibility index (Phi) is 2.60. The lowest BCUT2D eigenvalue weighted by atomic mass is 10.2. The number of rotatable bonds is 1. The Labute approximate surface area is 89.8 Å². The van der Waals surface area contributed by atoms with Crippen LogP contribution in [0.3, 0.4) is 0 Å². The van der Waals surface area contributed by atoms with E-state index in [4.69, 9.17) is 0 Å². The zero-order chi connectivity index (χ0) is 11.6. The average Bonchev–Trinajstić information content (AvgIpc) is 2.29. The zero-order valence-electron chi connectivity index (χ0n) is 8.07. The van der Waals surface area contributed by atoms with E-state index < -0.39 is 11.9 Å². The van der Waals surface area contributed by atoms with E-state index in [1.807, 2.05) is 0 Å². The van der Waals surface area contributed by atoms with E-state index in [0.29, 0.717) is 5.56 Å². The molecule has 0 saturated carbocycles. The summed E-state index contributed by atoms with van der Waals surface area (Å²) in [6.45, 7) is 0. The normalized spacial score (nSPS) is 11.4. The molecule has 5 heteroatoms. The first-order chi connectivity index (χ1) is 7.57. The second-order valence-corrected chi connectivity index (χ2v) is 3.13. The van der Waals surface area contributed by atoms with Gasteiger partial charge in [-0.25, -0.2) is 9.97 Å². The number of hydrogen-bond acceptors (Lipinski definition) is 2. The van der Waals surface area contributed by atoms with Gasteiger partial charge in [-0.15, -0.1) is 0 Å². The van der Waals surface area contributed by atoms with E-state index in [0.717, 1.165) is 12.3 Å². The molecule has 0 aliphatic carbocycles. The van der Waals surface area contributed by atoms with Crippen molar-refractivity contribution in [2.24, 2.45) is 0 Å². The van der Waals surface area contributed by atoms with Crippen LogP contribution < -0.4 is 0 Å². The van der Waals surface area contributed by atoms with Crippen LogP contribution >= 0.6 is 0 Å². The minimum Gasteiger partial charge on any atom is -0.237 e. The van der Waals surface area contributed by atoms with Crippen LogP contribution in [0, 0.1) is 0 Å². The molecule has 0 N–H and O–H groups in total. The standard InChI is InChI=1S/C11H7F3N2/c12-11(13,14)9-6-7-15-10(16-9)8-4-2-1-3-5-8/h1-7H. The van der Waals surface area contributed by atoms with Gasteiger partial charge in [0.05, 0.1) is 0 Å². The Bertz CT molecular complexity index is 480. The maximum Gasteiger partial charge on any atom is 0.433 e. The molecule has 0 aliphatic rings. The molecule has 0 saturated heterocycles. The molecule has 0 unspecified atom stereocenters. The molecule has 1 aromatic heterocycles. The third-order valence-electron chi connectivity index (χ3n) is 1.98. The number of nitrogens with zero attached hydrogens (tertiary/aromatic N) is 2. The third kappa shape index (κ3) is 2.18. The van der Waals surface area contributed by atoms with E-state index in [1.165, 1.54) is 0 Å². The van der Waals surface area contributed by atoms with Crippen molar-refractivity contribution in [3.8, 4) is 11.4 Å². The fraction of sp³-hybridized carbons (Fsp3) is 0.0909. The Balaban J connectivity index is 2.45. The summed E-state index contributed by atoms with van der Waals surface area (Å²) >= 11 is 0. The Hall–Kier alpha value is -1.91. The molecule has 0 amide bonds. The molecular formula is C11H7F3N2. The van der Waals surface area contributed by atoms with Crippen molar-refractivity contribution in [3.63, 3.8) is 0 Å². The Morgan fingerprint density at radius 2 is 1.62 bits per heavy atom. The first-order valence-electron chi connectivity index (χ1n) is 4.53. The van der Waals surface area contributed by atoms with Crippen LogP contribution in [0.1, 0.15) is 5.69 Å². The van der Waals surface area contributed by atoms with E-state index in [1.54, 1.807) is 30.3 Å².